The van der Waals surface area contributed by atoms with Gasteiger partial charge in [-0.1, -0.05) is 114 Å². The predicted octanol–water partition coefficient (Wildman–Crippen LogP) is 7.00. The molecule has 0 saturated carbocycles. The molecule has 1 heterocycles. The highest BCUT2D eigenvalue weighted by molar-refractivity contribution is 7.18. The van der Waals surface area contributed by atoms with Gasteiger partial charge in [-0.25, -0.2) is 4.98 Å². The Morgan fingerprint density at radius 1 is 0.750 bits per heavy atom. The number of benzene rings is 4. The number of carbonyl (C=O) groups is 1. The third kappa shape index (κ3) is 5.53. The molecule has 1 N–H and O–H groups in total. The summed E-state index contributed by atoms with van der Waals surface area (Å²) in [6, 6.07) is 36.9. The van der Waals surface area contributed by atoms with Crippen LogP contribution in [0.15, 0.2) is 115 Å². The van der Waals surface area contributed by atoms with E-state index in [1.807, 2.05) is 91.0 Å². The third-order valence-electron chi connectivity index (χ3n) is 6.00. The van der Waals surface area contributed by atoms with E-state index < -0.39 is 0 Å². The molecule has 0 saturated heterocycles. The van der Waals surface area contributed by atoms with Gasteiger partial charge in [0.25, 0.3) is 0 Å². The Hall–Kier alpha value is -4.22. The zero-order valence-corrected chi connectivity index (χ0v) is 20.6. The number of nitrogens with zero attached hydrogens (tertiary/aromatic N) is 2. The van der Waals surface area contributed by atoms with Crippen molar-refractivity contribution in [2.24, 2.45) is 0 Å². The monoisotopic (exact) mass is 490 g/mol. The molecule has 1 aromatic heterocycles. The molecule has 36 heavy (non-hydrogen) atoms. The van der Waals surface area contributed by atoms with E-state index >= 15 is 0 Å². The minimum Gasteiger partial charge on any atom is -0.508 e. The quantitative estimate of drug-likeness (QED) is 0.226. The van der Waals surface area contributed by atoms with Crippen molar-refractivity contribution >= 4 is 22.3 Å². The molecule has 5 rings (SSSR count). The van der Waals surface area contributed by atoms with E-state index in [1.165, 1.54) is 16.9 Å². The van der Waals surface area contributed by atoms with Crippen LogP contribution in [0, 0.1) is 0 Å². The van der Waals surface area contributed by atoms with Crippen molar-refractivity contribution in [3.63, 3.8) is 0 Å². The first-order valence-electron chi connectivity index (χ1n) is 11.9. The van der Waals surface area contributed by atoms with Crippen molar-refractivity contribution in [1.29, 1.82) is 0 Å². The Labute approximate surface area is 215 Å². The topological polar surface area (TPSA) is 53.4 Å². The van der Waals surface area contributed by atoms with Crippen LogP contribution in [-0.2, 0) is 13.0 Å². The van der Waals surface area contributed by atoms with Crippen LogP contribution in [0.3, 0.4) is 0 Å². The van der Waals surface area contributed by atoms with Gasteiger partial charge in [-0.05, 0) is 29.7 Å². The minimum absolute atomic E-state index is 0.0224. The largest absolute Gasteiger partial charge is 0.508 e. The molecule has 0 fully saturated rings. The van der Waals surface area contributed by atoms with Gasteiger partial charge in [0.2, 0.25) is 5.78 Å². The number of rotatable bonds is 9. The number of carbonyl (C=O) groups excluding carboxylic acids is 1. The maximum atomic E-state index is 13.6. The molecule has 4 nitrogen and oxygen atoms in total. The van der Waals surface area contributed by atoms with E-state index in [1.54, 1.807) is 12.1 Å². The number of thiazole rings is 1. The molecule has 5 aromatic rings. The summed E-state index contributed by atoms with van der Waals surface area (Å²) in [5.41, 5.74) is 4.59. The molecule has 178 valence electrons. The zero-order valence-electron chi connectivity index (χ0n) is 19.7. The lowest BCUT2D eigenvalue weighted by atomic mass is 10.1. The Morgan fingerprint density at radius 3 is 2.03 bits per heavy atom. The van der Waals surface area contributed by atoms with Crippen LogP contribution in [-0.4, -0.2) is 22.4 Å². The number of phenolic OH excluding ortho intramolecular Hbond substituents is 1. The lowest BCUT2D eigenvalue weighted by Crippen LogP contribution is -2.25. The van der Waals surface area contributed by atoms with Crippen molar-refractivity contribution in [3.8, 4) is 17.0 Å². The van der Waals surface area contributed by atoms with Gasteiger partial charge in [0, 0.05) is 24.2 Å². The van der Waals surface area contributed by atoms with Crippen LogP contribution in [0.2, 0.25) is 0 Å². The summed E-state index contributed by atoms with van der Waals surface area (Å²) in [5.74, 6) is 0.219. The van der Waals surface area contributed by atoms with Crippen molar-refractivity contribution in [3.05, 3.63) is 137 Å². The molecule has 0 aliphatic rings. The molecular formula is C31H26N2O2S. The smallest absolute Gasteiger partial charge is 0.205 e. The van der Waals surface area contributed by atoms with Gasteiger partial charge in [-0.3, -0.25) is 4.79 Å². The highest BCUT2D eigenvalue weighted by Crippen LogP contribution is 2.35. The van der Waals surface area contributed by atoms with Gasteiger partial charge in [0.1, 0.15) is 10.6 Å². The maximum absolute atomic E-state index is 13.6. The second kappa shape index (κ2) is 11.0. The highest BCUT2D eigenvalue weighted by atomic mass is 32.1. The summed E-state index contributed by atoms with van der Waals surface area (Å²) < 4.78 is 0. The van der Waals surface area contributed by atoms with Crippen LogP contribution in [0.4, 0.5) is 5.13 Å². The van der Waals surface area contributed by atoms with Crippen molar-refractivity contribution in [1.82, 2.24) is 4.98 Å². The molecule has 0 amide bonds. The highest BCUT2D eigenvalue weighted by Gasteiger charge is 2.23. The molecule has 0 aliphatic heterocycles. The van der Waals surface area contributed by atoms with Gasteiger partial charge < -0.3 is 10.0 Å². The average molecular weight is 491 g/mol. The Morgan fingerprint density at radius 2 is 1.36 bits per heavy atom. The summed E-state index contributed by atoms with van der Waals surface area (Å²) in [6.07, 6.45) is 0.848. The van der Waals surface area contributed by atoms with E-state index in [4.69, 9.17) is 4.98 Å². The predicted molar refractivity (Wildman–Crippen MR) is 147 cm³/mol. The molecule has 0 radical (unpaired) electrons. The Kier molecular flexibility index (Phi) is 7.20. The molecule has 0 bridgehead atoms. The zero-order chi connectivity index (χ0) is 24.7. The maximum Gasteiger partial charge on any atom is 0.205 e. The van der Waals surface area contributed by atoms with Crippen LogP contribution in [0.5, 0.6) is 5.75 Å². The fourth-order valence-electron chi connectivity index (χ4n) is 4.08. The number of anilines is 1. The summed E-state index contributed by atoms with van der Waals surface area (Å²) in [4.78, 5) is 21.5. The second-order valence-electron chi connectivity index (χ2n) is 8.56. The molecule has 0 aliphatic carbocycles. The Bertz CT molecular complexity index is 1420. The SMILES string of the molecule is O=C(c1ccccc1)c1sc(N(CCc2ccccc2)Cc2ccc(O)cc2)nc1-c1ccccc1. The van der Waals surface area contributed by atoms with Gasteiger partial charge in [-0.2, -0.15) is 0 Å². The Balaban J connectivity index is 1.54. The van der Waals surface area contributed by atoms with Gasteiger partial charge in [0.05, 0.1) is 5.69 Å². The minimum atomic E-state index is -0.0224. The first-order valence-corrected chi connectivity index (χ1v) is 12.7. The lowest BCUT2D eigenvalue weighted by molar-refractivity contribution is 0.104. The van der Waals surface area contributed by atoms with Crippen molar-refractivity contribution < 1.29 is 9.90 Å². The number of aromatic hydroxyl groups is 1. The number of hydrogen-bond acceptors (Lipinski definition) is 5. The van der Waals surface area contributed by atoms with Crippen molar-refractivity contribution in [2.75, 3.05) is 11.4 Å². The summed E-state index contributed by atoms with van der Waals surface area (Å²) >= 11 is 1.44. The number of hydrogen-bond donors (Lipinski definition) is 1. The van der Waals surface area contributed by atoms with E-state index in [2.05, 4.69) is 17.0 Å². The van der Waals surface area contributed by atoms with Crippen molar-refractivity contribution in [2.45, 2.75) is 13.0 Å². The number of aromatic nitrogens is 1. The number of ketones is 1. The van der Waals surface area contributed by atoms with Crippen LogP contribution in [0.25, 0.3) is 11.3 Å². The summed E-state index contributed by atoms with van der Waals surface area (Å²) in [7, 11) is 0. The van der Waals surface area contributed by atoms with Crippen LogP contribution in [0.1, 0.15) is 26.4 Å². The molecule has 0 atom stereocenters. The van der Waals surface area contributed by atoms with Crippen LogP contribution >= 0.6 is 11.3 Å². The summed E-state index contributed by atoms with van der Waals surface area (Å²) in [5, 5.41) is 10.5. The van der Waals surface area contributed by atoms with Gasteiger partial charge in [0.15, 0.2) is 5.13 Å². The molecule has 5 heteroatoms. The molecule has 0 spiro atoms. The standard InChI is InChI=1S/C31H26N2O2S/c34-27-18-16-24(17-19-27)22-33(21-20-23-10-4-1-5-11-23)31-32-28(25-12-6-2-7-13-25)30(36-31)29(35)26-14-8-3-9-15-26/h1-19,34H,20-22H2. The van der Waals surface area contributed by atoms with E-state index in [9.17, 15) is 9.90 Å². The van der Waals surface area contributed by atoms with Gasteiger partial charge >= 0.3 is 0 Å². The van der Waals surface area contributed by atoms with Crippen LogP contribution < -0.4 is 4.90 Å². The normalized spacial score (nSPS) is 10.8. The lowest BCUT2D eigenvalue weighted by Gasteiger charge is -2.22. The fraction of sp³-hybridized carbons (Fsp3) is 0.0968. The van der Waals surface area contributed by atoms with E-state index in [0.29, 0.717) is 22.7 Å². The van der Waals surface area contributed by atoms with E-state index in [-0.39, 0.29) is 11.5 Å². The van der Waals surface area contributed by atoms with Gasteiger partial charge in [-0.15, -0.1) is 0 Å². The second-order valence-corrected chi connectivity index (χ2v) is 9.54. The fourth-order valence-corrected chi connectivity index (χ4v) is 5.16. The molecule has 0 unspecified atom stereocenters. The first-order chi connectivity index (χ1) is 17.7. The first kappa shape index (κ1) is 23.5. The molecule has 4 aromatic carbocycles. The molecular weight excluding hydrogens is 464 g/mol. The summed E-state index contributed by atoms with van der Waals surface area (Å²) in [6.45, 7) is 1.36. The number of phenols is 1. The average Bonchev–Trinajstić information content (AvgIpc) is 3.39. The third-order valence-corrected chi connectivity index (χ3v) is 7.11. The van der Waals surface area contributed by atoms with E-state index in [0.717, 1.165) is 29.2 Å².